The van der Waals surface area contributed by atoms with Crippen molar-refractivity contribution in [3.8, 4) is 11.3 Å². The Morgan fingerprint density at radius 1 is 1.00 bits per heavy atom. The summed E-state index contributed by atoms with van der Waals surface area (Å²) >= 11 is 0. The third-order valence-electron chi connectivity index (χ3n) is 4.94. The molecule has 3 aromatic heterocycles. The van der Waals surface area contributed by atoms with E-state index in [4.69, 9.17) is 4.98 Å². The summed E-state index contributed by atoms with van der Waals surface area (Å²) in [6.45, 7) is 2.67. The first-order chi connectivity index (χ1) is 13.7. The second-order valence-corrected chi connectivity index (χ2v) is 6.75. The number of rotatable bonds is 4. The topological polar surface area (TPSA) is 72.9 Å². The van der Waals surface area contributed by atoms with Gasteiger partial charge in [0.25, 0.3) is 5.78 Å². The largest absolute Gasteiger partial charge is 0.363 e. The highest BCUT2D eigenvalue weighted by Crippen LogP contribution is 2.23. The summed E-state index contributed by atoms with van der Waals surface area (Å²) in [4.78, 5) is 13.7. The minimum absolute atomic E-state index is 0.560. The number of hydrogen-bond acceptors (Lipinski definition) is 5. The molecule has 0 aliphatic carbocycles. The molecule has 0 aliphatic rings. The number of para-hydroxylation sites is 1. The maximum atomic E-state index is 4.78. The van der Waals surface area contributed by atoms with Crippen molar-refractivity contribution >= 4 is 22.6 Å². The van der Waals surface area contributed by atoms with Gasteiger partial charge in [-0.2, -0.15) is 14.6 Å². The zero-order chi connectivity index (χ0) is 19.1. The zero-order valence-electron chi connectivity index (χ0n) is 15.7. The van der Waals surface area contributed by atoms with Crippen LogP contribution in [0.4, 0.5) is 5.82 Å². The Bertz CT molecular complexity index is 1280. The number of nitrogens with zero attached hydrogens (tertiary/aromatic N) is 6. The fourth-order valence-corrected chi connectivity index (χ4v) is 3.54. The second-order valence-electron chi connectivity index (χ2n) is 6.75. The first-order valence-electron chi connectivity index (χ1n) is 9.12. The highest BCUT2D eigenvalue weighted by Gasteiger charge is 2.12. The van der Waals surface area contributed by atoms with Crippen LogP contribution >= 0.6 is 0 Å². The van der Waals surface area contributed by atoms with Crippen LogP contribution in [-0.2, 0) is 13.6 Å². The Kier molecular flexibility index (Phi) is 3.79. The van der Waals surface area contributed by atoms with Gasteiger partial charge in [-0.25, -0.2) is 9.97 Å². The first kappa shape index (κ1) is 16.4. The molecule has 138 valence electrons. The summed E-state index contributed by atoms with van der Waals surface area (Å²) in [5.41, 5.74) is 5.27. The Morgan fingerprint density at radius 3 is 2.68 bits per heavy atom. The van der Waals surface area contributed by atoms with Gasteiger partial charge in [-0.1, -0.05) is 42.5 Å². The van der Waals surface area contributed by atoms with E-state index >= 15 is 0 Å². The van der Waals surface area contributed by atoms with Gasteiger partial charge in [0.1, 0.15) is 18.0 Å². The van der Waals surface area contributed by atoms with Crippen LogP contribution in [0.15, 0.2) is 60.9 Å². The van der Waals surface area contributed by atoms with Gasteiger partial charge in [0, 0.05) is 18.7 Å². The highest BCUT2D eigenvalue weighted by atomic mass is 15.4. The molecule has 7 nitrogen and oxygen atoms in total. The summed E-state index contributed by atoms with van der Waals surface area (Å²) in [6, 6.07) is 18.2. The van der Waals surface area contributed by atoms with Crippen molar-refractivity contribution in [2.75, 3.05) is 5.32 Å². The predicted octanol–water partition coefficient (Wildman–Crippen LogP) is 3.60. The van der Waals surface area contributed by atoms with Crippen LogP contribution in [-0.4, -0.2) is 29.1 Å². The van der Waals surface area contributed by atoms with Crippen LogP contribution < -0.4 is 5.32 Å². The van der Waals surface area contributed by atoms with Gasteiger partial charge in [-0.05, 0) is 18.6 Å². The molecule has 0 bridgehead atoms. The van der Waals surface area contributed by atoms with E-state index in [2.05, 4.69) is 37.9 Å². The third-order valence-corrected chi connectivity index (χ3v) is 4.94. The molecule has 7 heteroatoms. The molecule has 3 heterocycles. The van der Waals surface area contributed by atoms with E-state index < -0.39 is 0 Å². The van der Waals surface area contributed by atoms with Crippen molar-refractivity contribution in [3.63, 3.8) is 0 Å². The van der Waals surface area contributed by atoms with Crippen LogP contribution in [0.5, 0.6) is 0 Å². The van der Waals surface area contributed by atoms with Crippen LogP contribution in [0.3, 0.4) is 0 Å². The number of anilines is 1. The number of hydrogen-bond donors (Lipinski definition) is 1. The second kappa shape index (κ2) is 6.45. The lowest BCUT2D eigenvalue weighted by Gasteiger charge is -2.10. The number of nitrogens with one attached hydrogen (secondary N) is 1. The Hall–Kier alpha value is -3.74. The lowest BCUT2D eigenvalue weighted by atomic mass is 10.1. The molecule has 0 atom stereocenters. The average Bonchev–Trinajstić information content (AvgIpc) is 3.32. The van der Waals surface area contributed by atoms with Crippen LogP contribution in [0.2, 0.25) is 0 Å². The molecule has 5 rings (SSSR count). The number of aryl methyl sites for hydroxylation is 2. The lowest BCUT2D eigenvalue weighted by molar-refractivity contribution is 0.822. The smallest absolute Gasteiger partial charge is 0.254 e. The predicted molar refractivity (Wildman–Crippen MR) is 109 cm³/mol. The minimum Gasteiger partial charge on any atom is -0.363 e. The van der Waals surface area contributed by atoms with Crippen molar-refractivity contribution in [2.45, 2.75) is 13.5 Å². The Morgan fingerprint density at radius 2 is 1.86 bits per heavy atom. The SMILES string of the molecule is Cc1cccc2nc(CNc3cc(-c4ccccc4)nc4ncnn34)n(C)c12. The van der Waals surface area contributed by atoms with Gasteiger partial charge >= 0.3 is 0 Å². The Balaban J connectivity index is 1.53. The molecule has 2 aromatic carbocycles. The van der Waals surface area contributed by atoms with E-state index in [1.165, 1.54) is 11.9 Å². The molecule has 0 aliphatic heterocycles. The summed E-state index contributed by atoms with van der Waals surface area (Å²) in [5.74, 6) is 2.34. The van der Waals surface area contributed by atoms with Gasteiger partial charge in [-0.3, -0.25) is 0 Å². The van der Waals surface area contributed by atoms with E-state index in [1.807, 2.05) is 55.6 Å². The molecule has 0 radical (unpaired) electrons. The molecular weight excluding hydrogens is 350 g/mol. The zero-order valence-corrected chi connectivity index (χ0v) is 15.7. The molecule has 0 spiro atoms. The van der Waals surface area contributed by atoms with Crippen molar-refractivity contribution in [2.24, 2.45) is 7.05 Å². The monoisotopic (exact) mass is 369 g/mol. The minimum atomic E-state index is 0.560. The molecular formula is C21H19N7. The van der Waals surface area contributed by atoms with E-state index in [-0.39, 0.29) is 0 Å². The fourth-order valence-electron chi connectivity index (χ4n) is 3.54. The lowest BCUT2D eigenvalue weighted by Crippen LogP contribution is -2.10. The molecule has 5 aromatic rings. The van der Waals surface area contributed by atoms with E-state index in [0.717, 1.165) is 33.9 Å². The van der Waals surface area contributed by atoms with Gasteiger partial charge in [0.05, 0.1) is 23.3 Å². The van der Waals surface area contributed by atoms with E-state index in [0.29, 0.717) is 12.3 Å². The Labute approximate surface area is 161 Å². The molecule has 0 saturated heterocycles. The maximum absolute atomic E-state index is 4.78. The number of fused-ring (bicyclic) bond motifs is 2. The van der Waals surface area contributed by atoms with Gasteiger partial charge in [0.2, 0.25) is 0 Å². The van der Waals surface area contributed by atoms with E-state index in [9.17, 15) is 0 Å². The highest BCUT2D eigenvalue weighted by molar-refractivity contribution is 5.79. The molecule has 1 N–H and O–H groups in total. The molecule has 28 heavy (non-hydrogen) atoms. The molecule has 0 unspecified atom stereocenters. The summed E-state index contributed by atoms with van der Waals surface area (Å²) < 4.78 is 3.84. The summed E-state index contributed by atoms with van der Waals surface area (Å²) in [5, 5.41) is 7.76. The van der Waals surface area contributed by atoms with Gasteiger partial charge in [-0.15, -0.1) is 0 Å². The third kappa shape index (κ3) is 2.68. The van der Waals surface area contributed by atoms with Crippen molar-refractivity contribution < 1.29 is 0 Å². The quantitative estimate of drug-likeness (QED) is 0.524. The number of benzene rings is 2. The first-order valence-corrected chi connectivity index (χ1v) is 9.12. The standard InChI is InChI=1S/C21H19N7/c1-14-7-6-10-16-20(14)27(2)19(25-16)12-22-18-11-17(15-8-4-3-5-9-15)26-21-23-13-24-28(18)21/h3-11,13,22H,12H2,1-2H3. The fraction of sp³-hybridized carbons (Fsp3) is 0.143. The molecule has 0 saturated carbocycles. The number of imidazole rings is 1. The summed E-state index contributed by atoms with van der Waals surface area (Å²) in [6.07, 6.45) is 1.51. The van der Waals surface area contributed by atoms with Crippen molar-refractivity contribution in [1.29, 1.82) is 0 Å². The molecule has 0 amide bonds. The normalized spacial score (nSPS) is 11.4. The van der Waals surface area contributed by atoms with Crippen LogP contribution in [0.25, 0.3) is 28.1 Å². The van der Waals surface area contributed by atoms with Crippen LogP contribution in [0.1, 0.15) is 11.4 Å². The number of aromatic nitrogens is 6. The van der Waals surface area contributed by atoms with Crippen molar-refractivity contribution in [3.05, 3.63) is 72.3 Å². The summed E-state index contributed by atoms with van der Waals surface area (Å²) in [7, 11) is 2.05. The molecule has 0 fully saturated rings. The van der Waals surface area contributed by atoms with Gasteiger partial charge < -0.3 is 9.88 Å². The average molecular weight is 369 g/mol. The maximum Gasteiger partial charge on any atom is 0.254 e. The van der Waals surface area contributed by atoms with Gasteiger partial charge in [0.15, 0.2) is 0 Å². The van der Waals surface area contributed by atoms with Crippen LogP contribution in [0, 0.1) is 6.92 Å². The van der Waals surface area contributed by atoms with E-state index in [1.54, 1.807) is 4.52 Å². The van der Waals surface area contributed by atoms with Crippen molar-refractivity contribution in [1.82, 2.24) is 29.1 Å².